The zero-order chi connectivity index (χ0) is 19.9. The SMILES string of the molecule is CN(CC(=O)Nc1ccccc1Br)C(=O)c1ccccc1Oc1ccccc1. The second-order valence-electron chi connectivity index (χ2n) is 6.10. The molecule has 0 aliphatic carbocycles. The van der Waals surface area contributed by atoms with E-state index in [2.05, 4.69) is 21.2 Å². The number of hydrogen-bond donors (Lipinski definition) is 1. The Hall–Kier alpha value is -3.12. The number of rotatable bonds is 6. The summed E-state index contributed by atoms with van der Waals surface area (Å²) in [7, 11) is 1.58. The summed E-state index contributed by atoms with van der Waals surface area (Å²) in [6.45, 7) is -0.0835. The monoisotopic (exact) mass is 438 g/mol. The standard InChI is InChI=1S/C22H19BrN2O3/c1-25(15-21(26)24-19-13-7-6-12-18(19)23)22(27)17-11-5-8-14-20(17)28-16-9-3-2-4-10-16/h2-14H,15H2,1H3,(H,24,26). The predicted molar refractivity (Wildman–Crippen MR) is 113 cm³/mol. The minimum Gasteiger partial charge on any atom is -0.457 e. The van der Waals surface area contributed by atoms with Gasteiger partial charge in [0.25, 0.3) is 5.91 Å². The maximum absolute atomic E-state index is 12.9. The maximum atomic E-state index is 12.9. The van der Waals surface area contributed by atoms with Crippen molar-refractivity contribution in [3.8, 4) is 11.5 Å². The number of hydrogen-bond acceptors (Lipinski definition) is 3. The summed E-state index contributed by atoms with van der Waals surface area (Å²) in [5.74, 6) is 0.492. The Morgan fingerprint density at radius 2 is 1.57 bits per heavy atom. The van der Waals surface area contributed by atoms with E-state index in [1.165, 1.54) is 4.90 Å². The van der Waals surface area contributed by atoms with E-state index in [9.17, 15) is 9.59 Å². The van der Waals surface area contributed by atoms with Crippen molar-refractivity contribution in [3.05, 3.63) is 88.9 Å². The van der Waals surface area contributed by atoms with Gasteiger partial charge >= 0.3 is 0 Å². The summed E-state index contributed by atoms with van der Waals surface area (Å²) in [6, 6.07) is 23.5. The Morgan fingerprint density at radius 3 is 2.32 bits per heavy atom. The molecular weight excluding hydrogens is 420 g/mol. The van der Waals surface area contributed by atoms with Gasteiger partial charge in [0.05, 0.1) is 17.8 Å². The molecule has 0 saturated heterocycles. The van der Waals surface area contributed by atoms with E-state index in [1.54, 1.807) is 37.4 Å². The number of nitrogens with zero attached hydrogens (tertiary/aromatic N) is 1. The molecule has 0 saturated carbocycles. The van der Waals surface area contributed by atoms with Gasteiger partial charge in [-0.2, -0.15) is 0 Å². The molecule has 0 unspecified atom stereocenters. The summed E-state index contributed by atoms with van der Waals surface area (Å²) in [5.41, 5.74) is 1.05. The lowest BCUT2D eigenvalue weighted by Crippen LogP contribution is -2.35. The minimum absolute atomic E-state index is 0.0835. The average Bonchev–Trinajstić information content (AvgIpc) is 2.70. The van der Waals surface area contributed by atoms with Crippen LogP contribution >= 0.6 is 15.9 Å². The van der Waals surface area contributed by atoms with E-state index >= 15 is 0 Å². The quantitative estimate of drug-likeness (QED) is 0.591. The molecule has 3 aromatic rings. The summed E-state index contributed by atoms with van der Waals surface area (Å²) in [4.78, 5) is 26.6. The molecule has 142 valence electrons. The van der Waals surface area contributed by atoms with Crippen molar-refractivity contribution in [1.29, 1.82) is 0 Å². The number of nitrogens with one attached hydrogen (secondary N) is 1. The molecule has 1 N–H and O–H groups in total. The van der Waals surface area contributed by atoms with Gasteiger partial charge < -0.3 is 15.0 Å². The van der Waals surface area contributed by atoms with Crippen molar-refractivity contribution in [2.24, 2.45) is 0 Å². The van der Waals surface area contributed by atoms with Gasteiger partial charge in [-0.3, -0.25) is 9.59 Å². The fourth-order valence-corrected chi connectivity index (χ4v) is 2.98. The van der Waals surface area contributed by atoms with Crippen LogP contribution in [0.2, 0.25) is 0 Å². The number of carbonyl (C=O) groups is 2. The smallest absolute Gasteiger partial charge is 0.257 e. The fourth-order valence-electron chi connectivity index (χ4n) is 2.59. The lowest BCUT2D eigenvalue weighted by molar-refractivity contribution is -0.116. The number of likely N-dealkylation sites (N-methyl/N-ethyl adjacent to an activating group) is 1. The van der Waals surface area contributed by atoms with Crippen LogP contribution in [-0.4, -0.2) is 30.3 Å². The lowest BCUT2D eigenvalue weighted by Gasteiger charge is -2.19. The van der Waals surface area contributed by atoms with Gasteiger partial charge in [-0.25, -0.2) is 0 Å². The molecule has 0 radical (unpaired) electrons. The van der Waals surface area contributed by atoms with Crippen molar-refractivity contribution < 1.29 is 14.3 Å². The van der Waals surface area contributed by atoms with Crippen molar-refractivity contribution in [3.63, 3.8) is 0 Å². The molecule has 0 heterocycles. The van der Waals surface area contributed by atoms with Crippen molar-refractivity contribution >= 4 is 33.4 Å². The Bertz CT molecular complexity index is 976. The van der Waals surface area contributed by atoms with Crippen LogP contribution in [0.4, 0.5) is 5.69 Å². The number of halogens is 1. The molecule has 0 aromatic heterocycles. The third-order valence-corrected chi connectivity index (χ3v) is 4.66. The molecule has 0 spiro atoms. The fraction of sp³-hybridized carbons (Fsp3) is 0.0909. The molecule has 2 amide bonds. The Labute approximate surface area is 172 Å². The van der Waals surface area contributed by atoms with Crippen LogP contribution in [0.1, 0.15) is 10.4 Å². The van der Waals surface area contributed by atoms with Crippen LogP contribution in [0.25, 0.3) is 0 Å². The Balaban J connectivity index is 1.69. The molecular formula is C22H19BrN2O3. The van der Waals surface area contributed by atoms with Crippen LogP contribution in [0.3, 0.4) is 0 Å². The second kappa shape index (κ2) is 9.19. The number of ether oxygens (including phenoxy) is 1. The zero-order valence-corrected chi connectivity index (χ0v) is 16.8. The number of benzene rings is 3. The van der Waals surface area contributed by atoms with E-state index in [0.717, 1.165) is 4.47 Å². The van der Waals surface area contributed by atoms with Gasteiger partial charge in [-0.1, -0.05) is 42.5 Å². The number of amides is 2. The minimum atomic E-state index is -0.297. The molecule has 6 heteroatoms. The van der Waals surface area contributed by atoms with E-state index in [0.29, 0.717) is 22.7 Å². The van der Waals surface area contributed by atoms with E-state index < -0.39 is 0 Å². The highest BCUT2D eigenvalue weighted by Crippen LogP contribution is 2.26. The van der Waals surface area contributed by atoms with Crippen LogP contribution in [0, 0.1) is 0 Å². The largest absolute Gasteiger partial charge is 0.457 e. The van der Waals surface area contributed by atoms with E-state index in [-0.39, 0.29) is 18.4 Å². The van der Waals surface area contributed by atoms with Gasteiger partial charge in [-0.15, -0.1) is 0 Å². The third-order valence-electron chi connectivity index (χ3n) is 3.96. The molecule has 0 aliphatic rings. The Kier molecular flexibility index (Phi) is 6.45. The van der Waals surface area contributed by atoms with E-state index in [1.807, 2.05) is 48.5 Å². The maximum Gasteiger partial charge on any atom is 0.257 e. The van der Waals surface area contributed by atoms with Crippen molar-refractivity contribution in [2.75, 3.05) is 18.9 Å². The first-order valence-corrected chi connectivity index (χ1v) is 9.45. The normalized spacial score (nSPS) is 10.2. The first kappa shape index (κ1) is 19.6. The van der Waals surface area contributed by atoms with Gasteiger partial charge in [0.1, 0.15) is 11.5 Å². The van der Waals surface area contributed by atoms with Crippen LogP contribution in [0.15, 0.2) is 83.3 Å². The molecule has 3 rings (SSSR count). The average molecular weight is 439 g/mol. The van der Waals surface area contributed by atoms with Gasteiger partial charge in [0.2, 0.25) is 5.91 Å². The highest BCUT2D eigenvalue weighted by molar-refractivity contribution is 9.10. The predicted octanol–water partition coefficient (Wildman–Crippen LogP) is 4.95. The summed E-state index contributed by atoms with van der Waals surface area (Å²) < 4.78 is 6.62. The molecule has 0 aliphatic heterocycles. The van der Waals surface area contributed by atoms with Crippen LogP contribution in [0.5, 0.6) is 11.5 Å². The number of anilines is 1. The second-order valence-corrected chi connectivity index (χ2v) is 6.95. The molecule has 5 nitrogen and oxygen atoms in total. The molecule has 3 aromatic carbocycles. The first-order chi connectivity index (χ1) is 13.5. The zero-order valence-electron chi connectivity index (χ0n) is 15.3. The van der Waals surface area contributed by atoms with Gasteiger partial charge in [0, 0.05) is 11.5 Å². The molecule has 0 atom stereocenters. The summed E-state index contributed by atoms with van der Waals surface area (Å²) in [6.07, 6.45) is 0. The lowest BCUT2D eigenvalue weighted by atomic mass is 10.1. The van der Waals surface area contributed by atoms with Gasteiger partial charge in [0.15, 0.2) is 0 Å². The highest BCUT2D eigenvalue weighted by Gasteiger charge is 2.19. The number of para-hydroxylation sites is 3. The topological polar surface area (TPSA) is 58.6 Å². The summed E-state index contributed by atoms with van der Waals surface area (Å²) in [5, 5.41) is 2.79. The molecule has 0 fully saturated rings. The highest BCUT2D eigenvalue weighted by atomic mass is 79.9. The molecule has 0 bridgehead atoms. The van der Waals surface area contributed by atoms with E-state index in [4.69, 9.17) is 4.74 Å². The van der Waals surface area contributed by atoms with Crippen molar-refractivity contribution in [1.82, 2.24) is 4.90 Å². The van der Waals surface area contributed by atoms with Gasteiger partial charge in [-0.05, 0) is 52.3 Å². The number of carbonyl (C=O) groups excluding carboxylic acids is 2. The first-order valence-electron chi connectivity index (χ1n) is 8.66. The molecule has 28 heavy (non-hydrogen) atoms. The third kappa shape index (κ3) is 4.98. The summed E-state index contributed by atoms with van der Waals surface area (Å²) >= 11 is 3.39. The van der Waals surface area contributed by atoms with Crippen molar-refractivity contribution in [2.45, 2.75) is 0 Å². The Morgan fingerprint density at radius 1 is 0.929 bits per heavy atom. The van der Waals surface area contributed by atoms with Crippen LogP contribution < -0.4 is 10.1 Å². The van der Waals surface area contributed by atoms with Crippen LogP contribution in [-0.2, 0) is 4.79 Å².